The Kier molecular flexibility index (Phi) is 7.79. The number of benzene rings is 1. The van der Waals surface area contributed by atoms with E-state index < -0.39 is 0 Å². The lowest BCUT2D eigenvalue weighted by Gasteiger charge is -2.24. The summed E-state index contributed by atoms with van der Waals surface area (Å²) in [6.07, 6.45) is 5.66. The van der Waals surface area contributed by atoms with E-state index >= 15 is 4.39 Å². The molecule has 0 atom stereocenters. The highest BCUT2D eigenvalue weighted by Gasteiger charge is 2.21. The van der Waals surface area contributed by atoms with Gasteiger partial charge in [0.1, 0.15) is 17.1 Å². The second-order valence-corrected chi connectivity index (χ2v) is 8.74. The van der Waals surface area contributed by atoms with E-state index in [1.165, 1.54) is 0 Å². The SMILES string of the molecule is CCCCN(CCO)c1nc(N)nc2cn(Cc3c(F)cc(C4CCNCC4)cc3OC)nc12. The van der Waals surface area contributed by atoms with Crippen molar-refractivity contribution >= 4 is 22.8 Å². The maximum atomic E-state index is 15.3. The van der Waals surface area contributed by atoms with Gasteiger partial charge in [-0.15, -0.1) is 0 Å². The number of piperidine rings is 1. The Labute approximate surface area is 199 Å². The molecule has 1 aliphatic heterocycles. The van der Waals surface area contributed by atoms with Gasteiger partial charge in [-0.2, -0.15) is 10.1 Å². The van der Waals surface area contributed by atoms with E-state index in [0.29, 0.717) is 40.6 Å². The van der Waals surface area contributed by atoms with E-state index in [-0.39, 0.29) is 24.9 Å². The summed E-state index contributed by atoms with van der Waals surface area (Å²) < 4.78 is 22.5. The number of aliphatic hydroxyl groups excluding tert-OH is 1. The monoisotopic (exact) mass is 471 g/mol. The van der Waals surface area contributed by atoms with Gasteiger partial charge in [0.05, 0.1) is 32.0 Å². The minimum absolute atomic E-state index is 0.0123. The number of unbranched alkanes of at least 4 members (excludes halogenated alkanes) is 1. The Morgan fingerprint density at radius 2 is 2.06 bits per heavy atom. The van der Waals surface area contributed by atoms with E-state index in [0.717, 1.165) is 50.9 Å². The van der Waals surface area contributed by atoms with E-state index in [4.69, 9.17) is 10.5 Å². The number of nitrogen functional groups attached to an aromatic ring is 1. The fraction of sp³-hybridized carbons (Fsp3) is 0.542. The highest BCUT2D eigenvalue weighted by molar-refractivity contribution is 5.86. The minimum Gasteiger partial charge on any atom is -0.496 e. The zero-order valence-corrected chi connectivity index (χ0v) is 19.9. The molecule has 0 saturated carbocycles. The van der Waals surface area contributed by atoms with Gasteiger partial charge in [-0.25, -0.2) is 9.37 Å². The van der Waals surface area contributed by atoms with Crippen LogP contribution in [0.1, 0.15) is 49.7 Å². The van der Waals surface area contributed by atoms with Crippen molar-refractivity contribution < 1.29 is 14.2 Å². The fourth-order valence-electron chi connectivity index (χ4n) is 4.58. The molecular formula is C24H34FN7O2. The average Bonchev–Trinajstić information content (AvgIpc) is 3.25. The molecular weight excluding hydrogens is 437 g/mol. The Morgan fingerprint density at radius 1 is 1.26 bits per heavy atom. The van der Waals surface area contributed by atoms with Gasteiger partial charge in [0, 0.05) is 13.1 Å². The first kappa shape index (κ1) is 24.2. The molecule has 1 saturated heterocycles. The van der Waals surface area contributed by atoms with Crippen LogP contribution in [0.5, 0.6) is 5.75 Å². The van der Waals surface area contributed by atoms with E-state index in [2.05, 4.69) is 27.3 Å². The Hall–Kier alpha value is -2.98. The molecule has 184 valence electrons. The van der Waals surface area contributed by atoms with Crippen LogP contribution in [0.3, 0.4) is 0 Å². The molecule has 4 rings (SSSR count). The molecule has 3 heterocycles. The number of nitrogens with one attached hydrogen (secondary N) is 1. The number of halogens is 1. The molecule has 0 aliphatic carbocycles. The van der Waals surface area contributed by atoms with Crippen molar-refractivity contribution in [2.45, 2.75) is 45.1 Å². The van der Waals surface area contributed by atoms with Crippen LogP contribution >= 0.6 is 0 Å². The Bertz CT molecular complexity index is 1110. The van der Waals surface area contributed by atoms with Crippen molar-refractivity contribution in [2.24, 2.45) is 0 Å². The first-order valence-electron chi connectivity index (χ1n) is 12.0. The number of hydrogen-bond donors (Lipinski definition) is 3. The first-order chi connectivity index (χ1) is 16.5. The van der Waals surface area contributed by atoms with Crippen LogP contribution in [0.4, 0.5) is 16.2 Å². The molecule has 3 aromatic rings. The molecule has 34 heavy (non-hydrogen) atoms. The van der Waals surface area contributed by atoms with Gasteiger partial charge in [-0.05, 0) is 56.0 Å². The molecule has 9 nitrogen and oxygen atoms in total. The number of aromatic nitrogens is 4. The average molecular weight is 472 g/mol. The normalized spacial score (nSPS) is 14.6. The molecule has 1 aromatic carbocycles. The van der Waals surface area contributed by atoms with E-state index in [1.807, 2.05) is 11.0 Å². The van der Waals surface area contributed by atoms with Crippen molar-refractivity contribution in [3.63, 3.8) is 0 Å². The molecule has 2 aromatic heterocycles. The number of methoxy groups -OCH3 is 1. The quantitative estimate of drug-likeness (QED) is 0.414. The van der Waals surface area contributed by atoms with Gasteiger partial charge < -0.3 is 25.8 Å². The number of fused-ring (bicyclic) bond motifs is 1. The second-order valence-electron chi connectivity index (χ2n) is 8.74. The summed E-state index contributed by atoms with van der Waals surface area (Å²) in [7, 11) is 1.56. The van der Waals surface area contributed by atoms with E-state index in [9.17, 15) is 5.11 Å². The minimum atomic E-state index is -0.303. The molecule has 0 amide bonds. The summed E-state index contributed by atoms with van der Waals surface area (Å²) in [4.78, 5) is 10.7. The number of aliphatic hydroxyl groups is 1. The molecule has 0 unspecified atom stereocenters. The zero-order chi connectivity index (χ0) is 24.1. The summed E-state index contributed by atoms with van der Waals surface area (Å²) in [5.74, 6) is 1.26. The Morgan fingerprint density at radius 3 is 2.76 bits per heavy atom. The lowest BCUT2D eigenvalue weighted by Crippen LogP contribution is -2.29. The van der Waals surface area contributed by atoms with Gasteiger partial charge in [-0.1, -0.05) is 13.3 Å². The number of nitrogens with zero attached hydrogens (tertiary/aromatic N) is 5. The lowest BCUT2D eigenvalue weighted by atomic mass is 9.89. The van der Waals surface area contributed by atoms with Crippen molar-refractivity contribution in [3.05, 3.63) is 35.3 Å². The zero-order valence-electron chi connectivity index (χ0n) is 19.9. The van der Waals surface area contributed by atoms with Crippen LogP contribution in [-0.2, 0) is 6.54 Å². The van der Waals surface area contributed by atoms with Gasteiger partial charge in [-0.3, -0.25) is 4.68 Å². The van der Waals surface area contributed by atoms with Gasteiger partial charge >= 0.3 is 0 Å². The summed E-state index contributed by atoms with van der Waals surface area (Å²) in [6.45, 7) is 5.29. The summed E-state index contributed by atoms with van der Waals surface area (Å²) in [6, 6.07) is 3.59. The number of anilines is 2. The van der Waals surface area contributed by atoms with Crippen molar-refractivity contribution in [1.29, 1.82) is 0 Å². The molecule has 0 spiro atoms. The van der Waals surface area contributed by atoms with Crippen molar-refractivity contribution in [1.82, 2.24) is 25.1 Å². The highest BCUT2D eigenvalue weighted by Crippen LogP contribution is 2.33. The number of hydrogen-bond acceptors (Lipinski definition) is 8. The van der Waals surface area contributed by atoms with Crippen LogP contribution in [0.15, 0.2) is 18.3 Å². The Balaban J connectivity index is 1.67. The number of ether oxygens (including phenoxy) is 1. The summed E-state index contributed by atoms with van der Waals surface area (Å²) >= 11 is 0. The highest BCUT2D eigenvalue weighted by atomic mass is 19.1. The van der Waals surface area contributed by atoms with Crippen LogP contribution in [0.25, 0.3) is 11.0 Å². The molecule has 0 radical (unpaired) electrons. The summed E-state index contributed by atoms with van der Waals surface area (Å²) in [5, 5.41) is 17.6. The van der Waals surface area contributed by atoms with Crippen LogP contribution in [0, 0.1) is 5.82 Å². The fourth-order valence-corrected chi connectivity index (χ4v) is 4.58. The molecule has 1 fully saturated rings. The molecule has 0 bridgehead atoms. The van der Waals surface area contributed by atoms with Crippen molar-refractivity contribution in [3.8, 4) is 5.75 Å². The molecule has 10 heteroatoms. The van der Waals surface area contributed by atoms with Crippen LogP contribution in [-0.4, -0.2) is 64.8 Å². The maximum Gasteiger partial charge on any atom is 0.222 e. The van der Waals surface area contributed by atoms with Crippen LogP contribution in [0.2, 0.25) is 0 Å². The lowest BCUT2D eigenvalue weighted by molar-refractivity contribution is 0.301. The second kappa shape index (κ2) is 11.0. The molecule has 4 N–H and O–H groups in total. The predicted molar refractivity (Wildman–Crippen MR) is 131 cm³/mol. The summed E-state index contributed by atoms with van der Waals surface area (Å²) in [5.41, 5.74) is 8.54. The largest absolute Gasteiger partial charge is 0.496 e. The van der Waals surface area contributed by atoms with Gasteiger partial charge in [0.25, 0.3) is 0 Å². The smallest absolute Gasteiger partial charge is 0.222 e. The standard InChI is InChI=1S/C24H34FN7O2/c1-3-4-9-31(10-11-33)23-22-20(28-24(26)29-23)15-32(30-22)14-18-19(25)12-17(13-21(18)34-2)16-5-7-27-8-6-16/h12-13,15-16,27,33H,3-11,14H2,1-2H3,(H2,26,28). The van der Waals surface area contributed by atoms with Crippen molar-refractivity contribution in [2.75, 3.05) is 50.5 Å². The molecule has 1 aliphatic rings. The third-order valence-electron chi connectivity index (χ3n) is 6.39. The van der Waals surface area contributed by atoms with Gasteiger partial charge in [0.15, 0.2) is 11.3 Å². The third kappa shape index (κ3) is 5.23. The first-order valence-corrected chi connectivity index (χ1v) is 12.0. The number of nitrogens with two attached hydrogens (primary N) is 1. The van der Waals surface area contributed by atoms with Gasteiger partial charge in [0.2, 0.25) is 5.95 Å². The maximum absolute atomic E-state index is 15.3. The predicted octanol–water partition coefficient (Wildman–Crippen LogP) is 2.67. The topological polar surface area (TPSA) is 114 Å². The van der Waals surface area contributed by atoms with Crippen LogP contribution < -0.4 is 20.7 Å². The third-order valence-corrected chi connectivity index (χ3v) is 6.39. The van der Waals surface area contributed by atoms with E-state index in [1.54, 1.807) is 24.1 Å². The number of rotatable bonds is 10.